The number of fused-ring (bicyclic) bond motifs is 1. The quantitative estimate of drug-likeness (QED) is 0.196. The molecule has 5 N–H and O–H groups in total. The first-order valence-electron chi connectivity index (χ1n) is 14.6. The van der Waals surface area contributed by atoms with Crippen LogP contribution in [0.15, 0.2) is 48.7 Å². The van der Waals surface area contributed by atoms with Crippen molar-refractivity contribution in [2.24, 2.45) is 5.73 Å². The van der Waals surface area contributed by atoms with Crippen LogP contribution in [0.25, 0.3) is 22.0 Å². The van der Waals surface area contributed by atoms with Crippen molar-refractivity contribution in [3.8, 4) is 11.1 Å². The Morgan fingerprint density at radius 2 is 1.74 bits per heavy atom. The number of nitrogens with one attached hydrogen (secondary N) is 1. The van der Waals surface area contributed by atoms with Crippen LogP contribution in [0.4, 0.5) is 0 Å². The Morgan fingerprint density at radius 1 is 1.07 bits per heavy atom. The number of nitrogens with two attached hydrogens (primary N) is 1. The van der Waals surface area contributed by atoms with Crippen molar-refractivity contribution in [1.82, 2.24) is 14.2 Å². The minimum Gasteiger partial charge on any atom is -0.392 e. The number of primary amides is 1. The van der Waals surface area contributed by atoms with E-state index < -0.39 is 28.1 Å². The largest absolute Gasteiger partial charge is 0.392 e. The summed E-state index contributed by atoms with van der Waals surface area (Å²) in [6.45, 7) is 5.98. The van der Waals surface area contributed by atoms with Gasteiger partial charge in [0, 0.05) is 49.8 Å². The van der Waals surface area contributed by atoms with Crippen LogP contribution in [-0.4, -0.2) is 103 Å². The standard InChI is InChI=1S/C31H44N4O6S/c1-22(36)20-34(21-23(2)37)12-13-41-14-15-42(39,40)35-10-8-25(9-11-35)29-19-33-31-27(18-30(32)38)16-26(17-28(29)31)24-6-4-3-5-7-24/h3-7,16-17,19,22-23,25,33,36-37H,8-15,18,20-21H2,1-2H3,(H2,32,38). The third-order valence-electron chi connectivity index (χ3n) is 7.74. The summed E-state index contributed by atoms with van der Waals surface area (Å²) in [4.78, 5) is 17.1. The number of nitrogens with zero attached hydrogens (tertiary/aromatic N) is 2. The number of ether oxygens (including phenoxy) is 1. The molecule has 11 heteroatoms. The SMILES string of the molecule is CC(O)CN(CCOCCS(=O)(=O)N1CCC(c2c[nH]c3c(CC(N)=O)cc(-c4ccccc4)cc23)CC1)CC(C)O. The van der Waals surface area contributed by atoms with Crippen LogP contribution in [0.3, 0.4) is 0 Å². The molecular formula is C31H44N4O6S. The summed E-state index contributed by atoms with van der Waals surface area (Å²) in [5.41, 5.74) is 10.5. The van der Waals surface area contributed by atoms with Gasteiger partial charge in [0.2, 0.25) is 15.9 Å². The summed E-state index contributed by atoms with van der Waals surface area (Å²) >= 11 is 0. The van der Waals surface area contributed by atoms with Gasteiger partial charge in [0.15, 0.2) is 0 Å². The maximum absolute atomic E-state index is 13.0. The number of aliphatic hydroxyl groups is 2. The highest BCUT2D eigenvalue weighted by molar-refractivity contribution is 7.89. The van der Waals surface area contributed by atoms with Crippen molar-refractivity contribution < 1.29 is 28.2 Å². The van der Waals surface area contributed by atoms with E-state index in [-0.39, 0.29) is 24.7 Å². The van der Waals surface area contributed by atoms with Crippen LogP contribution in [0.1, 0.15) is 43.7 Å². The van der Waals surface area contributed by atoms with Crippen molar-refractivity contribution in [3.63, 3.8) is 0 Å². The van der Waals surface area contributed by atoms with Crippen molar-refractivity contribution in [2.75, 3.05) is 51.7 Å². The first-order valence-corrected chi connectivity index (χ1v) is 16.3. The van der Waals surface area contributed by atoms with Crippen LogP contribution in [0, 0.1) is 0 Å². The molecule has 2 unspecified atom stereocenters. The van der Waals surface area contributed by atoms with Crippen molar-refractivity contribution in [3.05, 3.63) is 59.8 Å². The van der Waals surface area contributed by atoms with Crippen molar-refractivity contribution in [2.45, 2.75) is 51.2 Å². The topological polar surface area (TPSA) is 149 Å². The predicted octanol–water partition coefficient (Wildman–Crippen LogP) is 2.45. The highest BCUT2D eigenvalue weighted by Crippen LogP contribution is 2.37. The number of amides is 1. The van der Waals surface area contributed by atoms with Gasteiger partial charge in [-0.2, -0.15) is 0 Å². The molecule has 0 aliphatic carbocycles. The summed E-state index contributed by atoms with van der Waals surface area (Å²) in [5, 5.41) is 20.4. The lowest BCUT2D eigenvalue weighted by atomic mass is 9.88. The molecule has 2 atom stereocenters. The van der Waals surface area contributed by atoms with Gasteiger partial charge < -0.3 is 25.7 Å². The Hall–Kier alpha value is -2.80. The van der Waals surface area contributed by atoms with Crippen LogP contribution in [0.5, 0.6) is 0 Å². The molecule has 0 saturated carbocycles. The molecule has 10 nitrogen and oxygen atoms in total. The normalized spacial score (nSPS) is 16.7. The number of carbonyl (C=O) groups excluding carboxylic acids is 1. The molecule has 0 bridgehead atoms. The van der Waals surface area contributed by atoms with Gasteiger partial charge in [-0.25, -0.2) is 12.7 Å². The number of benzene rings is 2. The minimum atomic E-state index is -3.46. The summed E-state index contributed by atoms with van der Waals surface area (Å²) in [6.07, 6.45) is 2.46. The fourth-order valence-electron chi connectivity index (χ4n) is 5.83. The molecule has 1 aliphatic rings. The van der Waals surface area contributed by atoms with Crippen LogP contribution >= 0.6 is 0 Å². The average Bonchev–Trinajstić information content (AvgIpc) is 3.37. The fraction of sp³-hybridized carbons (Fsp3) is 0.516. The number of hydrogen-bond donors (Lipinski definition) is 4. The third-order valence-corrected chi connectivity index (χ3v) is 9.58. The zero-order chi connectivity index (χ0) is 30.3. The van der Waals surface area contributed by atoms with E-state index >= 15 is 0 Å². The number of H-pyrrole nitrogens is 1. The van der Waals surface area contributed by atoms with Gasteiger partial charge in [-0.1, -0.05) is 30.3 Å². The summed E-state index contributed by atoms with van der Waals surface area (Å²) < 4.78 is 33.3. The third kappa shape index (κ3) is 8.62. The van der Waals surface area contributed by atoms with Crippen LogP contribution < -0.4 is 5.73 Å². The van der Waals surface area contributed by atoms with Gasteiger partial charge in [-0.05, 0) is 67.0 Å². The monoisotopic (exact) mass is 600 g/mol. The average molecular weight is 601 g/mol. The molecule has 1 saturated heterocycles. The van der Waals surface area contributed by atoms with Gasteiger partial charge in [0.1, 0.15) is 0 Å². The molecule has 0 spiro atoms. The number of carbonyl (C=O) groups is 1. The summed E-state index contributed by atoms with van der Waals surface area (Å²) in [6, 6.07) is 14.2. The molecular weight excluding hydrogens is 556 g/mol. The predicted molar refractivity (Wildman–Crippen MR) is 165 cm³/mol. The lowest BCUT2D eigenvalue weighted by Crippen LogP contribution is -2.40. The number of aromatic nitrogens is 1. The zero-order valence-electron chi connectivity index (χ0n) is 24.5. The second-order valence-corrected chi connectivity index (χ2v) is 13.5. The zero-order valence-corrected chi connectivity index (χ0v) is 25.4. The first-order chi connectivity index (χ1) is 20.0. The lowest BCUT2D eigenvalue weighted by molar-refractivity contribution is -0.117. The number of piperidine rings is 1. The molecule has 4 rings (SSSR count). The number of sulfonamides is 1. The summed E-state index contributed by atoms with van der Waals surface area (Å²) in [7, 11) is -3.46. The number of aliphatic hydroxyl groups excluding tert-OH is 2. The Labute approximate surface area is 248 Å². The molecule has 2 heterocycles. The van der Waals surface area contributed by atoms with E-state index in [1.165, 1.54) is 0 Å². The van der Waals surface area contributed by atoms with E-state index in [9.17, 15) is 23.4 Å². The van der Waals surface area contributed by atoms with Gasteiger partial charge in [-0.3, -0.25) is 9.69 Å². The van der Waals surface area contributed by atoms with Crippen LogP contribution in [0.2, 0.25) is 0 Å². The maximum atomic E-state index is 13.0. The van der Waals surface area contributed by atoms with E-state index in [1.807, 2.05) is 47.5 Å². The van der Waals surface area contributed by atoms with E-state index in [4.69, 9.17) is 10.5 Å². The Kier molecular flexibility index (Phi) is 11.2. The van der Waals surface area contributed by atoms with E-state index in [2.05, 4.69) is 11.1 Å². The second-order valence-electron chi connectivity index (χ2n) is 11.4. The smallest absolute Gasteiger partial charge is 0.221 e. The van der Waals surface area contributed by atoms with Gasteiger partial charge in [-0.15, -0.1) is 0 Å². The van der Waals surface area contributed by atoms with E-state index in [0.29, 0.717) is 52.2 Å². The van der Waals surface area contributed by atoms with Crippen molar-refractivity contribution in [1.29, 1.82) is 0 Å². The minimum absolute atomic E-state index is 0.0888. The van der Waals surface area contributed by atoms with Crippen LogP contribution in [-0.2, 0) is 26.0 Å². The maximum Gasteiger partial charge on any atom is 0.221 e. The Balaban J connectivity index is 1.36. The summed E-state index contributed by atoms with van der Waals surface area (Å²) in [5.74, 6) is -0.297. The van der Waals surface area contributed by atoms with Gasteiger partial charge in [0.25, 0.3) is 0 Å². The molecule has 3 aromatic rings. The van der Waals surface area contributed by atoms with Gasteiger partial charge >= 0.3 is 0 Å². The number of aromatic amines is 1. The molecule has 1 amide bonds. The van der Waals surface area contributed by atoms with Gasteiger partial charge in [0.05, 0.1) is 37.6 Å². The molecule has 42 heavy (non-hydrogen) atoms. The highest BCUT2D eigenvalue weighted by atomic mass is 32.2. The molecule has 1 fully saturated rings. The lowest BCUT2D eigenvalue weighted by Gasteiger charge is -2.31. The molecule has 0 radical (unpaired) electrons. The number of hydrogen-bond acceptors (Lipinski definition) is 7. The highest BCUT2D eigenvalue weighted by Gasteiger charge is 2.30. The van der Waals surface area contributed by atoms with E-state index in [0.717, 1.165) is 33.2 Å². The Morgan fingerprint density at radius 3 is 2.36 bits per heavy atom. The van der Waals surface area contributed by atoms with E-state index in [1.54, 1.807) is 18.2 Å². The molecule has 230 valence electrons. The molecule has 2 aromatic carbocycles. The molecule has 1 aliphatic heterocycles. The van der Waals surface area contributed by atoms with Crippen molar-refractivity contribution >= 4 is 26.8 Å². The Bertz CT molecular complexity index is 1410. The molecule has 1 aromatic heterocycles. The second kappa shape index (κ2) is 14.6. The first kappa shape index (κ1) is 32.1. The number of rotatable bonds is 15. The fourth-order valence-corrected chi connectivity index (χ4v) is 7.18.